The van der Waals surface area contributed by atoms with Gasteiger partial charge in [0.25, 0.3) is 0 Å². The summed E-state index contributed by atoms with van der Waals surface area (Å²) in [6.07, 6.45) is 1.46. The molecule has 0 bridgehead atoms. The fraction of sp³-hybridized carbons (Fsp3) is 0.471. The topological polar surface area (TPSA) is 92.4 Å². The largest absolute Gasteiger partial charge is 0.388 e. The van der Waals surface area contributed by atoms with E-state index in [0.29, 0.717) is 18.1 Å². The summed E-state index contributed by atoms with van der Waals surface area (Å²) in [6.45, 7) is 3.96. The first-order valence-electron chi connectivity index (χ1n) is 7.95. The lowest BCUT2D eigenvalue weighted by molar-refractivity contribution is 0.0270. The van der Waals surface area contributed by atoms with Crippen molar-refractivity contribution in [1.29, 1.82) is 0 Å². The van der Waals surface area contributed by atoms with Crippen LogP contribution in [0.3, 0.4) is 0 Å². The Morgan fingerprint density at radius 1 is 1.33 bits per heavy atom. The molecule has 24 heavy (non-hydrogen) atoms. The average molecular weight is 350 g/mol. The smallest absolute Gasteiger partial charge is 0.240 e. The monoisotopic (exact) mass is 350 g/mol. The van der Waals surface area contributed by atoms with E-state index < -0.39 is 10.0 Å². The highest BCUT2D eigenvalue weighted by atomic mass is 32.2. The summed E-state index contributed by atoms with van der Waals surface area (Å²) >= 11 is 0. The van der Waals surface area contributed by atoms with Gasteiger partial charge in [-0.1, -0.05) is 37.2 Å². The molecule has 3 rings (SSSR count). The van der Waals surface area contributed by atoms with Gasteiger partial charge in [-0.3, -0.25) is 0 Å². The number of aromatic nitrogens is 1. The molecule has 6 nitrogen and oxygen atoms in total. The van der Waals surface area contributed by atoms with Crippen LogP contribution in [0, 0.1) is 11.3 Å². The van der Waals surface area contributed by atoms with Crippen LogP contribution in [0.15, 0.2) is 45.8 Å². The molecule has 1 aliphatic carbocycles. The lowest BCUT2D eigenvalue weighted by Crippen LogP contribution is -2.58. The molecule has 0 aliphatic heterocycles. The van der Waals surface area contributed by atoms with Gasteiger partial charge >= 0.3 is 0 Å². The number of nitrogens with zero attached hydrogens (tertiary/aromatic N) is 1. The summed E-state index contributed by atoms with van der Waals surface area (Å²) < 4.78 is 32.8. The normalized spacial score (nSPS) is 23.0. The number of aliphatic hydroxyl groups excluding tert-OH is 1. The van der Waals surface area contributed by atoms with E-state index >= 15 is 0 Å². The first-order chi connectivity index (χ1) is 11.3. The number of rotatable bonds is 6. The predicted molar refractivity (Wildman–Crippen MR) is 88.6 cm³/mol. The molecule has 7 heteroatoms. The van der Waals surface area contributed by atoms with Gasteiger partial charge in [0.05, 0.1) is 10.6 Å². The van der Waals surface area contributed by atoms with Crippen molar-refractivity contribution in [2.45, 2.75) is 44.2 Å². The Labute approximate surface area is 141 Å². The molecule has 1 heterocycles. The zero-order chi connectivity index (χ0) is 17.4. The van der Waals surface area contributed by atoms with Gasteiger partial charge in [-0.25, -0.2) is 13.1 Å². The van der Waals surface area contributed by atoms with E-state index in [1.165, 1.54) is 0 Å². The van der Waals surface area contributed by atoms with Crippen LogP contribution in [0.25, 0.3) is 0 Å². The molecule has 2 aromatic rings. The molecule has 0 saturated heterocycles. The number of aliphatic hydroxyl groups is 1. The van der Waals surface area contributed by atoms with Crippen LogP contribution >= 0.6 is 0 Å². The van der Waals surface area contributed by atoms with Crippen molar-refractivity contribution in [2.24, 2.45) is 11.3 Å². The lowest BCUT2D eigenvalue weighted by atomic mass is 9.57. The fourth-order valence-electron chi connectivity index (χ4n) is 3.20. The Balaban J connectivity index is 1.65. The van der Waals surface area contributed by atoms with Crippen molar-refractivity contribution in [2.75, 3.05) is 0 Å². The van der Waals surface area contributed by atoms with Crippen LogP contribution in [0.5, 0.6) is 0 Å². The molecule has 130 valence electrons. The van der Waals surface area contributed by atoms with E-state index in [2.05, 4.69) is 23.7 Å². The van der Waals surface area contributed by atoms with Crippen LogP contribution in [0.1, 0.15) is 31.7 Å². The second-order valence-electron chi connectivity index (χ2n) is 6.89. The van der Waals surface area contributed by atoms with Gasteiger partial charge in [-0.05, 0) is 36.3 Å². The van der Waals surface area contributed by atoms with E-state index in [4.69, 9.17) is 9.63 Å². The van der Waals surface area contributed by atoms with Crippen molar-refractivity contribution < 1.29 is 18.0 Å². The first-order valence-corrected chi connectivity index (χ1v) is 9.44. The molecule has 0 amide bonds. The number of sulfonamides is 1. The Bertz CT molecular complexity index is 799. The number of hydrogen-bond acceptors (Lipinski definition) is 5. The maximum Gasteiger partial charge on any atom is 0.240 e. The second-order valence-corrected chi connectivity index (χ2v) is 8.60. The molecule has 0 spiro atoms. The van der Waals surface area contributed by atoms with Crippen LogP contribution in [-0.2, 0) is 23.1 Å². The van der Waals surface area contributed by atoms with Gasteiger partial charge in [0.1, 0.15) is 6.61 Å². The number of benzene rings is 1. The summed E-state index contributed by atoms with van der Waals surface area (Å²) in [7, 11) is -3.50. The van der Waals surface area contributed by atoms with Crippen LogP contribution in [0.4, 0.5) is 0 Å². The quantitative estimate of drug-likeness (QED) is 0.832. The highest BCUT2D eigenvalue weighted by molar-refractivity contribution is 7.89. The Hall–Kier alpha value is -1.70. The molecule has 0 radical (unpaired) electrons. The summed E-state index contributed by atoms with van der Waals surface area (Å²) in [5.41, 5.74) is 0.613. The van der Waals surface area contributed by atoms with Crippen molar-refractivity contribution in [3.05, 3.63) is 47.9 Å². The molecule has 1 aliphatic rings. The Morgan fingerprint density at radius 2 is 2.04 bits per heavy atom. The van der Waals surface area contributed by atoms with Gasteiger partial charge < -0.3 is 9.63 Å². The third-order valence-electron chi connectivity index (χ3n) is 5.04. The summed E-state index contributed by atoms with van der Waals surface area (Å²) in [6, 6.07) is 10.0. The second kappa shape index (κ2) is 6.31. The average Bonchev–Trinajstić information content (AvgIpc) is 3.02. The fourth-order valence-corrected chi connectivity index (χ4v) is 4.62. The maximum atomic E-state index is 12.5. The standard InChI is InChI=1S/C17H22N2O4S/c1-17(2)12(8-13-10-14(11-20)23-18-13)9-16(17)19-24(21,22)15-6-4-3-5-7-15/h3-7,10,12,16,19-20H,8-9,11H2,1-2H3. The molecular weight excluding hydrogens is 328 g/mol. The summed E-state index contributed by atoms with van der Waals surface area (Å²) in [5, 5.41) is 13.0. The van der Waals surface area contributed by atoms with Crippen molar-refractivity contribution in [1.82, 2.24) is 9.88 Å². The molecular formula is C17H22N2O4S. The van der Waals surface area contributed by atoms with Gasteiger partial charge in [0.15, 0.2) is 5.76 Å². The molecule has 2 N–H and O–H groups in total. The molecule has 1 fully saturated rings. The number of nitrogens with one attached hydrogen (secondary N) is 1. The molecule has 1 saturated carbocycles. The van der Waals surface area contributed by atoms with E-state index in [9.17, 15) is 8.42 Å². The highest BCUT2D eigenvalue weighted by Crippen LogP contribution is 2.48. The minimum absolute atomic E-state index is 0.114. The molecule has 1 aromatic heterocycles. The highest BCUT2D eigenvalue weighted by Gasteiger charge is 2.49. The number of hydrogen-bond donors (Lipinski definition) is 2. The van der Waals surface area contributed by atoms with E-state index in [-0.39, 0.29) is 23.0 Å². The minimum Gasteiger partial charge on any atom is -0.388 e. The maximum absolute atomic E-state index is 12.5. The Kier molecular flexibility index (Phi) is 4.50. The van der Waals surface area contributed by atoms with Crippen molar-refractivity contribution >= 4 is 10.0 Å². The van der Waals surface area contributed by atoms with Crippen LogP contribution in [0.2, 0.25) is 0 Å². The zero-order valence-corrected chi connectivity index (χ0v) is 14.6. The van der Waals surface area contributed by atoms with E-state index in [1.54, 1.807) is 36.4 Å². The molecule has 2 atom stereocenters. The van der Waals surface area contributed by atoms with Gasteiger partial charge in [0, 0.05) is 12.1 Å². The lowest BCUT2D eigenvalue weighted by Gasteiger charge is -2.52. The van der Waals surface area contributed by atoms with Crippen molar-refractivity contribution in [3.8, 4) is 0 Å². The first kappa shape index (κ1) is 17.1. The SMILES string of the molecule is CC1(C)C(Cc2cc(CO)on2)CC1NS(=O)(=O)c1ccccc1. The Morgan fingerprint density at radius 3 is 2.62 bits per heavy atom. The molecule has 1 aromatic carbocycles. The van der Waals surface area contributed by atoms with Crippen molar-refractivity contribution in [3.63, 3.8) is 0 Å². The summed E-state index contributed by atoms with van der Waals surface area (Å²) in [4.78, 5) is 0.285. The summed E-state index contributed by atoms with van der Waals surface area (Å²) in [5.74, 6) is 0.751. The van der Waals surface area contributed by atoms with E-state index in [1.807, 2.05) is 0 Å². The van der Waals surface area contributed by atoms with Crippen LogP contribution < -0.4 is 4.72 Å². The third-order valence-corrected chi connectivity index (χ3v) is 6.53. The van der Waals surface area contributed by atoms with Crippen LogP contribution in [-0.4, -0.2) is 24.7 Å². The van der Waals surface area contributed by atoms with Gasteiger partial charge in [-0.15, -0.1) is 0 Å². The minimum atomic E-state index is -3.50. The third kappa shape index (κ3) is 3.24. The zero-order valence-electron chi connectivity index (χ0n) is 13.8. The van der Waals surface area contributed by atoms with Gasteiger partial charge in [-0.2, -0.15) is 0 Å². The van der Waals surface area contributed by atoms with E-state index in [0.717, 1.165) is 12.1 Å². The van der Waals surface area contributed by atoms with Gasteiger partial charge in [0.2, 0.25) is 10.0 Å². The predicted octanol–water partition coefficient (Wildman–Crippen LogP) is 2.10. The molecule has 2 unspecified atom stereocenters.